The van der Waals surface area contributed by atoms with Crippen LogP contribution in [0.1, 0.15) is 50.5 Å². The SMILES string of the molecule is O=C(Nc1ccc(OC2(C(=O)O)CC2)cc1F)C(C1CCCCC1)C1(c2ccc(Cl)cc2)Nc2ccccc2N1. The first-order valence-corrected chi connectivity index (χ1v) is 14.1. The first kappa shape index (κ1) is 26.4. The van der Waals surface area contributed by atoms with Crippen molar-refractivity contribution in [2.75, 3.05) is 16.0 Å². The van der Waals surface area contributed by atoms with E-state index in [1.54, 1.807) is 0 Å². The number of rotatable bonds is 8. The molecule has 1 heterocycles. The molecule has 0 saturated heterocycles. The Morgan fingerprint density at radius 2 is 1.62 bits per heavy atom. The zero-order valence-electron chi connectivity index (χ0n) is 21.9. The van der Waals surface area contributed by atoms with Gasteiger partial charge in [0.15, 0.2) is 0 Å². The fourth-order valence-corrected chi connectivity index (χ4v) is 6.28. The van der Waals surface area contributed by atoms with Crippen LogP contribution in [0, 0.1) is 17.7 Å². The number of anilines is 3. The highest BCUT2D eigenvalue weighted by atomic mass is 35.5. The number of amides is 1. The summed E-state index contributed by atoms with van der Waals surface area (Å²) < 4.78 is 20.9. The number of hydrogen-bond donors (Lipinski definition) is 4. The minimum Gasteiger partial charge on any atom is -0.478 e. The summed E-state index contributed by atoms with van der Waals surface area (Å²) in [6.45, 7) is 0. The topological polar surface area (TPSA) is 99.7 Å². The van der Waals surface area contributed by atoms with E-state index < -0.39 is 29.0 Å². The van der Waals surface area contributed by atoms with Crippen LogP contribution in [0.15, 0.2) is 66.7 Å². The van der Waals surface area contributed by atoms with Gasteiger partial charge in [-0.05, 0) is 60.7 Å². The van der Waals surface area contributed by atoms with Gasteiger partial charge in [-0.2, -0.15) is 0 Å². The van der Waals surface area contributed by atoms with E-state index in [-0.39, 0.29) is 23.3 Å². The maximum atomic E-state index is 15.3. The molecule has 208 valence electrons. The zero-order valence-corrected chi connectivity index (χ0v) is 22.6. The minimum absolute atomic E-state index is 0.0140. The van der Waals surface area contributed by atoms with E-state index in [2.05, 4.69) is 16.0 Å². The molecule has 1 unspecified atom stereocenters. The van der Waals surface area contributed by atoms with E-state index in [0.29, 0.717) is 17.9 Å². The summed E-state index contributed by atoms with van der Waals surface area (Å²) >= 11 is 6.24. The number of aliphatic carboxylic acids is 1. The summed E-state index contributed by atoms with van der Waals surface area (Å²) in [6, 6.07) is 19.3. The molecule has 0 spiro atoms. The smallest absolute Gasteiger partial charge is 0.348 e. The maximum absolute atomic E-state index is 15.3. The standard InChI is InChI=1S/C31H31ClFN3O4/c32-21-12-10-20(11-13-21)31(35-25-8-4-5-9-26(25)36-31)27(19-6-2-1-3-7-19)28(37)34-24-15-14-22(18-23(24)33)40-30(16-17-30)29(38)39/h4-5,8-15,18-19,27,35-36H,1-3,6-7,16-17H2,(H,34,37)(H,38,39). The third-order valence-electron chi connectivity index (χ3n) is 8.37. The lowest BCUT2D eigenvalue weighted by Gasteiger charge is -2.43. The van der Waals surface area contributed by atoms with Crippen molar-refractivity contribution < 1.29 is 23.8 Å². The molecule has 3 aliphatic rings. The van der Waals surface area contributed by atoms with E-state index in [0.717, 1.165) is 55.1 Å². The molecule has 6 rings (SSSR count). The molecule has 7 nitrogen and oxygen atoms in total. The predicted octanol–water partition coefficient (Wildman–Crippen LogP) is 7.00. The highest BCUT2D eigenvalue weighted by molar-refractivity contribution is 6.30. The first-order chi connectivity index (χ1) is 19.3. The van der Waals surface area contributed by atoms with E-state index in [1.165, 1.54) is 12.1 Å². The van der Waals surface area contributed by atoms with Gasteiger partial charge in [0.25, 0.3) is 0 Å². The van der Waals surface area contributed by atoms with Crippen molar-refractivity contribution in [2.45, 2.75) is 56.2 Å². The molecule has 1 atom stereocenters. The molecule has 9 heteroatoms. The molecular weight excluding hydrogens is 533 g/mol. The summed E-state index contributed by atoms with van der Waals surface area (Å²) in [5.41, 5.74) is 0.354. The van der Waals surface area contributed by atoms with Crippen LogP contribution < -0.4 is 20.7 Å². The Hall–Kier alpha value is -3.78. The Morgan fingerprint density at radius 1 is 0.975 bits per heavy atom. The van der Waals surface area contributed by atoms with Crippen molar-refractivity contribution in [3.63, 3.8) is 0 Å². The molecule has 0 radical (unpaired) electrons. The average molecular weight is 564 g/mol. The maximum Gasteiger partial charge on any atom is 0.348 e. The Morgan fingerprint density at radius 3 is 2.20 bits per heavy atom. The number of fused-ring (bicyclic) bond motifs is 1. The second-order valence-electron chi connectivity index (χ2n) is 11.0. The van der Waals surface area contributed by atoms with Gasteiger partial charge in [-0.25, -0.2) is 9.18 Å². The van der Waals surface area contributed by atoms with Crippen LogP contribution >= 0.6 is 11.6 Å². The van der Waals surface area contributed by atoms with Crippen LogP contribution in [-0.2, 0) is 15.3 Å². The van der Waals surface area contributed by atoms with Gasteiger partial charge in [-0.15, -0.1) is 0 Å². The molecule has 0 bridgehead atoms. The number of ether oxygens (including phenoxy) is 1. The lowest BCUT2D eigenvalue weighted by Crippen LogP contribution is -2.54. The number of para-hydroxylation sites is 2. The zero-order chi connectivity index (χ0) is 27.9. The number of hydrogen-bond acceptors (Lipinski definition) is 5. The third-order valence-corrected chi connectivity index (χ3v) is 8.62. The van der Waals surface area contributed by atoms with Crippen LogP contribution in [0.5, 0.6) is 5.75 Å². The summed E-state index contributed by atoms with van der Waals surface area (Å²) in [4.78, 5) is 25.8. The summed E-state index contributed by atoms with van der Waals surface area (Å²) in [5, 5.41) is 20.1. The number of carboxylic acid groups (broad SMARTS) is 1. The largest absolute Gasteiger partial charge is 0.478 e. The van der Waals surface area contributed by atoms with Crippen molar-refractivity contribution in [2.24, 2.45) is 11.8 Å². The monoisotopic (exact) mass is 563 g/mol. The number of benzene rings is 3. The normalized spacial score (nSPS) is 19.4. The molecule has 2 aliphatic carbocycles. The van der Waals surface area contributed by atoms with Crippen LogP contribution in [0.25, 0.3) is 0 Å². The summed E-state index contributed by atoms with van der Waals surface area (Å²) in [5.74, 6) is -2.51. The van der Waals surface area contributed by atoms with Crippen LogP contribution in [-0.4, -0.2) is 22.6 Å². The van der Waals surface area contributed by atoms with Crippen molar-refractivity contribution >= 4 is 40.5 Å². The lowest BCUT2D eigenvalue weighted by molar-refractivity contribution is -0.147. The molecule has 1 amide bonds. The summed E-state index contributed by atoms with van der Waals surface area (Å²) in [6.07, 6.45) is 5.65. The van der Waals surface area contributed by atoms with Crippen molar-refractivity contribution in [1.29, 1.82) is 0 Å². The van der Waals surface area contributed by atoms with Gasteiger partial charge in [-0.1, -0.05) is 55.1 Å². The second-order valence-corrected chi connectivity index (χ2v) is 11.5. The highest BCUT2D eigenvalue weighted by Gasteiger charge is 2.54. The molecule has 3 aromatic carbocycles. The number of carbonyl (C=O) groups excluding carboxylic acids is 1. The Labute approximate surface area is 237 Å². The number of halogens is 2. The number of carboxylic acids is 1. The Balaban J connectivity index is 1.35. The molecule has 40 heavy (non-hydrogen) atoms. The van der Waals surface area contributed by atoms with Gasteiger partial charge in [0.05, 0.1) is 23.0 Å². The van der Waals surface area contributed by atoms with Crippen molar-refractivity contribution in [1.82, 2.24) is 0 Å². The van der Waals surface area contributed by atoms with Crippen molar-refractivity contribution in [3.8, 4) is 5.75 Å². The molecule has 2 fully saturated rings. The van der Waals surface area contributed by atoms with Gasteiger partial charge in [0, 0.05) is 23.9 Å². The minimum atomic E-state index is -1.29. The molecule has 2 saturated carbocycles. The van der Waals surface area contributed by atoms with Gasteiger partial charge in [-0.3, -0.25) is 4.79 Å². The van der Waals surface area contributed by atoms with Gasteiger partial charge < -0.3 is 25.8 Å². The average Bonchev–Trinajstić information content (AvgIpc) is 3.63. The Kier molecular flexibility index (Phi) is 6.82. The fraction of sp³-hybridized carbons (Fsp3) is 0.355. The quantitative estimate of drug-likeness (QED) is 0.235. The van der Waals surface area contributed by atoms with E-state index in [1.807, 2.05) is 48.5 Å². The third kappa shape index (κ3) is 4.85. The molecule has 3 aromatic rings. The molecule has 1 aliphatic heterocycles. The molecule has 4 N–H and O–H groups in total. The number of nitrogens with one attached hydrogen (secondary N) is 3. The van der Waals surface area contributed by atoms with Crippen LogP contribution in [0.4, 0.5) is 21.5 Å². The number of carbonyl (C=O) groups is 2. The van der Waals surface area contributed by atoms with Crippen LogP contribution in [0.3, 0.4) is 0 Å². The van der Waals surface area contributed by atoms with Crippen LogP contribution in [0.2, 0.25) is 5.02 Å². The van der Waals surface area contributed by atoms with E-state index >= 15 is 4.39 Å². The molecular formula is C31H31ClFN3O4. The van der Waals surface area contributed by atoms with E-state index in [4.69, 9.17) is 16.3 Å². The lowest BCUT2D eigenvalue weighted by atomic mass is 9.71. The van der Waals surface area contributed by atoms with Gasteiger partial charge >= 0.3 is 5.97 Å². The summed E-state index contributed by atoms with van der Waals surface area (Å²) in [7, 11) is 0. The van der Waals surface area contributed by atoms with Gasteiger partial charge in [0.1, 0.15) is 17.2 Å². The predicted molar refractivity (Wildman–Crippen MR) is 152 cm³/mol. The molecule has 0 aromatic heterocycles. The van der Waals surface area contributed by atoms with Crippen molar-refractivity contribution in [3.05, 3.63) is 83.1 Å². The second kappa shape index (κ2) is 10.3. The highest BCUT2D eigenvalue weighted by Crippen LogP contribution is 2.49. The van der Waals surface area contributed by atoms with E-state index in [9.17, 15) is 14.7 Å². The fourth-order valence-electron chi connectivity index (χ4n) is 6.15. The van der Waals surface area contributed by atoms with Gasteiger partial charge in [0.2, 0.25) is 11.5 Å². The Bertz CT molecular complexity index is 1410. The first-order valence-electron chi connectivity index (χ1n) is 13.7.